The number of nitrogens with one attached hydrogen (secondary N) is 1. The van der Waals surface area contributed by atoms with Crippen molar-refractivity contribution in [2.75, 3.05) is 20.2 Å². The highest BCUT2D eigenvalue weighted by atomic mass is 35.5. The normalized spacial score (nSPS) is 16.4. The zero-order valence-electron chi connectivity index (χ0n) is 15.3. The summed E-state index contributed by atoms with van der Waals surface area (Å²) in [5.41, 5.74) is 2.04. The van der Waals surface area contributed by atoms with Crippen LogP contribution in [0.2, 0.25) is 5.02 Å². The van der Waals surface area contributed by atoms with Crippen molar-refractivity contribution in [1.82, 2.24) is 10.2 Å². The Kier molecular flexibility index (Phi) is 6.35. The molecular formula is C21H23ClN2O3. The molecule has 1 N–H and O–H groups in total. The van der Waals surface area contributed by atoms with Gasteiger partial charge in [-0.15, -0.1) is 0 Å². The number of para-hydroxylation sites is 1. The molecule has 2 amide bonds. The van der Waals surface area contributed by atoms with Crippen LogP contribution >= 0.6 is 11.6 Å². The van der Waals surface area contributed by atoms with Crippen molar-refractivity contribution in [1.29, 1.82) is 0 Å². The average molecular weight is 387 g/mol. The summed E-state index contributed by atoms with van der Waals surface area (Å²) in [6.45, 7) is 1.47. The van der Waals surface area contributed by atoms with Crippen LogP contribution in [0.4, 0.5) is 0 Å². The number of nitrogens with zero attached hydrogens (tertiary/aromatic N) is 1. The Hall–Kier alpha value is -2.53. The average Bonchev–Trinajstić information content (AvgIpc) is 3.06. The maximum atomic E-state index is 12.4. The lowest BCUT2D eigenvalue weighted by atomic mass is 10.1. The molecule has 0 radical (unpaired) electrons. The molecule has 1 fully saturated rings. The number of amides is 2. The first-order valence-corrected chi connectivity index (χ1v) is 9.36. The zero-order valence-corrected chi connectivity index (χ0v) is 16.0. The third kappa shape index (κ3) is 5.01. The van der Waals surface area contributed by atoms with E-state index < -0.39 is 0 Å². The van der Waals surface area contributed by atoms with Crippen molar-refractivity contribution in [2.24, 2.45) is 5.92 Å². The van der Waals surface area contributed by atoms with Crippen LogP contribution in [0.25, 0.3) is 0 Å². The predicted octanol–water partition coefficient (Wildman–Crippen LogP) is 3.06. The highest BCUT2D eigenvalue weighted by molar-refractivity contribution is 6.30. The molecule has 2 aromatic rings. The molecule has 3 rings (SSSR count). The van der Waals surface area contributed by atoms with Crippen molar-refractivity contribution >= 4 is 23.4 Å². The summed E-state index contributed by atoms with van der Waals surface area (Å²) in [5, 5.41) is 3.58. The Bertz CT molecular complexity index is 807. The van der Waals surface area contributed by atoms with Crippen LogP contribution in [0.15, 0.2) is 48.5 Å². The summed E-state index contributed by atoms with van der Waals surface area (Å²) in [5.74, 6) is 0.457. The quantitative estimate of drug-likeness (QED) is 0.795. The van der Waals surface area contributed by atoms with Crippen molar-refractivity contribution in [2.45, 2.75) is 19.4 Å². The van der Waals surface area contributed by atoms with E-state index in [2.05, 4.69) is 5.32 Å². The fraction of sp³-hybridized carbons (Fsp3) is 0.333. The van der Waals surface area contributed by atoms with Gasteiger partial charge in [0.25, 0.3) is 0 Å². The zero-order chi connectivity index (χ0) is 19.2. The molecule has 1 unspecified atom stereocenters. The van der Waals surface area contributed by atoms with Gasteiger partial charge in [-0.1, -0.05) is 41.9 Å². The maximum absolute atomic E-state index is 12.4. The molecule has 2 aromatic carbocycles. The lowest BCUT2D eigenvalue weighted by Crippen LogP contribution is -2.33. The van der Waals surface area contributed by atoms with Crippen LogP contribution in [0, 0.1) is 5.92 Å². The smallest absolute Gasteiger partial charge is 0.225 e. The number of ether oxygens (including phenoxy) is 1. The van der Waals surface area contributed by atoms with E-state index >= 15 is 0 Å². The lowest BCUT2D eigenvalue weighted by molar-refractivity contribution is -0.129. The second-order valence-corrected chi connectivity index (χ2v) is 7.08. The van der Waals surface area contributed by atoms with Gasteiger partial charge in [-0.25, -0.2) is 0 Å². The van der Waals surface area contributed by atoms with Crippen LogP contribution < -0.4 is 10.1 Å². The SMILES string of the molecule is COc1ccccc1CCN1CC(C(=O)NCc2ccc(Cl)cc2)CC1=O. The Labute approximate surface area is 164 Å². The van der Waals surface area contributed by atoms with Crippen LogP contribution in [0.3, 0.4) is 0 Å². The molecule has 0 bridgehead atoms. The number of carbonyl (C=O) groups is 2. The number of hydrogen-bond donors (Lipinski definition) is 1. The maximum Gasteiger partial charge on any atom is 0.225 e. The summed E-state index contributed by atoms with van der Waals surface area (Å²) in [6.07, 6.45) is 0.966. The van der Waals surface area contributed by atoms with Gasteiger partial charge in [0.05, 0.1) is 13.0 Å². The van der Waals surface area contributed by atoms with E-state index in [-0.39, 0.29) is 24.2 Å². The molecule has 27 heavy (non-hydrogen) atoms. The number of rotatable bonds is 7. The highest BCUT2D eigenvalue weighted by Crippen LogP contribution is 2.22. The van der Waals surface area contributed by atoms with Gasteiger partial charge in [0.2, 0.25) is 11.8 Å². The molecule has 1 saturated heterocycles. The molecule has 5 nitrogen and oxygen atoms in total. The highest BCUT2D eigenvalue weighted by Gasteiger charge is 2.33. The predicted molar refractivity (Wildman–Crippen MR) is 105 cm³/mol. The number of methoxy groups -OCH3 is 1. The summed E-state index contributed by atoms with van der Waals surface area (Å²) in [4.78, 5) is 26.5. The molecule has 1 atom stereocenters. The van der Waals surface area contributed by atoms with Crippen LogP contribution in [0.1, 0.15) is 17.5 Å². The molecule has 0 aliphatic carbocycles. The summed E-state index contributed by atoms with van der Waals surface area (Å²) in [7, 11) is 1.64. The Morgan fingerprint density at radius 3 is 2.70 bits per heavy atom. The van der Waals surface area contributed by atoms with Gasteiger partial charge in [-0.05, 0) is 35.7 Å². The van der Waals surface area contributed by atoms with Gasteiger partial charge in [-0.2, -0.15) is 0 Å². The van der Waals surface area contributed by atoms with Crippen molar-refractivity contribution in [3.8, 4) is 5.75 Å². The molecule has 0 saturated carbocycles. The molecule has 0 aromatic heterocycles. The van der Waals surface area contributed by atoms with Crippen LogP contribution in [-0.4, -0.2) is 36.9 Å². The Morgan fingerprint density at radius 1 is 1.22 bits per heavy atom. The Balaban J connectivity index is 1.50. The molecule has 6 heteroatoms. The van der Waals surface area contributed by atoms with E-state index in [1.807, 2.05) is 36.4 Å². The topological polar surface area (TPSA) is 58.6 Å². The molecule has 1 aliphatic rings. The van der Waals surface area contributed by atoms with Crippen molar-refractivity contribution in [3.05, 3.63) is 64.7 Å². The van der Waals surface area contributed by atoms with Gasteiger partial charge in [-0.3, -0.25) is 9.59 Å². The number of likely N-dealkylation sites (tertiary alicyclic amines) is 1. The number of halogens is 1. The fourth-order valence-electron chi connectivity index (χ4n) is 3.26. The first-order chi connectivity index (χ1) is 13.1. The number of carbonyl (C=O) groups excluding carboxylic acids is 2. The van der Waals surface area contributed by atoms with Crippen LogP contribution in [-0.2, 0) is 22.6 Å². The van der Waals surface area contributed by atoms with E-state index in [1.54, 1.807) is 24.1 Å². The first kappa shape index (κ1) is 19.2. The summed E-state index contributed by atoms with van der Waals surface area (Å²) < 4.78 is 5.35. The molecule has 1 aliphatic heterocycles. The first-order valence-electron chi connectivity index (χ1n) is 8.98. The monoisotopic (exact) mass is 386 g/mol. The van der Waals surface area contributed by atoms with E-state index in [4.69, 9.17) is 16.3 Å². The van der Waals surface area contributed by atoms with Crippen molar-refractivity contribution in [3.63, 3.8) is 0 Å². The third-order valence-electron chi connectivity index (χ3n) is 4.81. The van der Waals surface area contributed by atoms with Crippen molar-refractivity contribution < 1.29 is 14.3 Å². The lowest BCUT2D eigenvalue weighted by Gasteiger charge is -2.17. The largest absolute Gasteiger partial charge is 0.496 e. The van der Waals surface area contributed by atoms with Gasteiger partial charge in [0.15, 0.2) is 0 Å². The molecule has 0 spiro atoms. The molecule has 1 heterocycles. The minimum Gasteiger partial charge on any atom is -0.496 e. The van der Waals surface area contributed by atoms with E-state index in [1.165, 1.54) is 0 Å². The standard InChI is InChI=1S/C21H23ClN2O3/c1-27-19-5-3-2-4-16(19)10-11-24-14-17(12-20(24)25)21(26)23-13-15-6-8-18(22)9-7-15/h2-9,17H,10-14H2,1H3,(H,23,26). The van der Waals surface area contributed by atoms with Gasteiger partial charge >= 0.3 is 0 Å². The van der Waals surface area contributed by atoms with E-state index in [0.29, 0.717) is 31.1 Å². The third-order valence-corrected chi connectivity index (χ3v) is 5.06. The summed E-state index contributed by atoms with van der Waals surface area (Å²) in [6, 6.07) is 15.1. The Morgan fingerprint density at radius 2 is 1.96 bits per heavy atom. The van der Waals surface area contributed by atoms with Gasteiger partial charge in [0.1, 0.15) is 5.75 Å². The summed E-state index contributed by atoms with van der Waals surface area (Å²) >= 11 is 5.86. The second-order valence-electron chi connectivity index (χ2n) is 6.65. The van der Waals surface area contributed by atoms with Crippen LogP contribution in [0.5, 0.6) is 5.75 Å². The van der Waals surface area contributed by atoms with Gasteiger partial charge in [0, 0.05) is 31.1 Å². The number of hydrogen-bond acceptors (Lipinski definition) is 3. The van der Waals surface area contributed by atoms with E-state index in [0.717, 1.165) is 16.9 Å². The molecular weight excluding hydrogens is 364 g/mol. The fourth-order valence-corrected chi connectivity index (χ4v) is 3.39. The minimum atomic E-state index is -0.303. The second kappa shape index (κ2) is 8.91. The van der Waals surface area contributed by atoms with Gasteiger partial charge < -0.3 is 15.0 Å². The number of benzene rings is 2. The minimum absolute atomic E-state index is 0.0246. The van der Waals surface area contributed by atoms with E-state index in [9.17, 15) is 9.59 Å². The molecule has 142 valence electrons.